The first-order chi connectivity index (χ1) is 17.8. The molecule has 1 atom stereocenters. The minimum absolute atomic E-state index is 0.164. The molecule has 0 spiro atoms. The third-order valence-electron chi connectivity index (χ3n) is 6.28. The number of piperazine rings is 1. The highest BCUT2D eigenvalue weighted by Gasteiger charge is 2.20. The standard InChI is InChI=1S/C25H32N8O3S/c1-27-24(37(26,35)36)16-21-6-5-20(17-29-21)23-7-8-28-25(31-23)30-22-4-2-3-19(15-22)18-33-11-9-32(10-12-33)13-14-34/h2-8,14-15,17,24,27H,9-13,16,18H2,1H3,(H2,26,35,36)(H,28,30,31). The molecule has 0 saturated carbocycles. The Kier molecular flexibility index (Phi) is 8.90. The van der Waals surface area contributed by atoms with Gasteiger partial charge in [-0.05, 0) is 42.9 Å². The summed E-state index contributed by atoms with van der Waals surface area (Å²) < 4.78 is 23.3. The van der Waals surface area contributed by atoms with Crippen LogP contribution in [0.1, 0.15) is 11.3 Å². The zero-order valence-electron chi connectivity index (χ0n) is 20.7. The number of pyridine rings is 1. The van der Waals surface area contributed by atoms with Crippen LogP contribution in [-0.4, -0.2) is 84.6 Å². The SMILES string of the molecule is CNC(Cc1ccc(-c2ccnc(Nc3cccc(CN4CCN(CC=O)CC4)c3)n2)cn1)S(N)(=O)=O. The highest BCUT2D eigenvalue weighted by molar-refractivity contribution is 7.89. The molecule has 3 aromatic rings. The molecule has 0 radical (unpaired) electrons. The number of rotatable bonds is 11. The summed E-state index contributed by atoms with van der Waals surface area (Å²) in [5.41, 5.74) is 4.16. The summed E-state index contributed by atoms with van der Waals surface area (Å²) in [4.78, 5) is 28.6. The number of anilines is 2. The highest BCUT2D eigenvalue weighted by Crippen LogP contribution is 2.21. The van der Waals surface area contributed by atoms with Gasteiger partial charge < -0.3 is 15.4 Å². The fourth-order valence-electron chi connectivity index (χ4n) is 4.22. The predicted molar refractivity (Wildman–Crippen MR) is 142 cm³/mol. The Morgan fingerprint density at radius 2 is 1.86 bits per heavy atom. The van der Waals surface area contributed by atoms with Crippen molar-refractivity contribution in [1.29, 1.82) is 0 Å². The van der Waals surface area contributed by atoms with Crippen molar-refractivity contribution in [2.45, 2.75) is 18.3 Å². The van der Waals surface area contributed by atoms with Crippen LogP contribution in [0.3, 0.4) is 0 Å². The van der Waals surface area contributed by atoms with Crippen LogP contribution in [0, 0.1) is 0 Å². The minimum atomic E-state index is -3.72. The largest absolute Gasteiger partial charge is 0.324 e. The number of nitrogens with one attached hydrogen (secondary N) is 2. The number of aromatic nitrogens is 3. The smallest absolute Gasteiger partial charge is 0.227 e. The molecule has 11 nitrogen and oxygen atoms in total. The van der Waals surface area contributed by atoms with E-state index in [4.69, 9.17) is 5.14 Å². The molecule has 4 N–H and O–H groups in total. The van der Waals surface area contributed by atoms with Crippen LogP contribution in [-0.2, 0) is 27.8 Å². The quantitative estimate of drug-likeness (QED) is 0.310. The van der Waals surface area contributed by atoms with Crippen LogP contribution in [0.25, 0.3) is 11.3 Å². The summed E-state index contributed by atoms with van der Waals surface area (Å²) in [5.74, 6) is 0.464. The van der Waals surface area contributed by atoms with E-state index in [-0.39, 0.29) is 6.42 Å². The Balaban J connectivity index is 1.39. The molecule has 3 heterocycles. The maximum Gasteiger partial charge on any atom is 0.227 e. The van der Waals surface area contributed by atoms with E-state index in [1.165, 1.54) is 5.56 Å². The predicted octanol–water partition coefficient (Wildman–Crippen LogP) is 0.975. The first-order valence-corrected chi connectivity index (χ1v) is 13.7. The number of nitrogens with zero attached hydrogens (tertiary/aromatic N) is 5. The topological polar surface area (TPSA) is 146 Å². The summed E-state index contributed by atoms with van der Waals surface area (Å²) in [6, 6.07) is 13.6. The minimum Gasteiger partial charge on any atom is -0.324 e. The molecule has 2 aromatic heterocycles. The van der Waals surface area contributed by atoms with Crippen LogP contribution in [0.15, 0.2) is 54.9 Å². The maximum atomic E-state index is 11.6. The molecule has 1 unspecified atom stereocenters. The number of carbonyl (C=O) groups excluding carboxylic acids is 1. The van der Waals surface area contributed by atoms with Gasteiger partial charge in [0, 0.05) is 68.5 Å². The van der Waals surface area contributed by atoms with Crippen LogP contribution >= 0.6 is 0 Å². The van der Waals surface area contributed by atoms with Gasteiger partial charge in [-0.25, -0.2) is 23.5 Å². The number of nitrogens with two attached hydrogens (primary N) is 1. The van der Waals surface area contributed by atoms with Gasteiger partial charge in [0.15, 0.2) is 0 Å². The lowest BCUT2D eigenvalue weighted by Crippen LogP contribution is -2.46. The van der Waals surface area contributed by atoms with E-state index in [9.17, 15) is 13.2 Å². The van der Waals surface area contributed by atoms with Crippen LogP contribution in [0.5, 0.6) is 0 Å². The zero-order valence-corrected chi connectivity index (χ0v) is 21.6. The molecule has 1 saturated heterocycles. The molecule has 0 bridgehead atoms. The van der Waals surface area contributed by atoms with E-state index in [2.05, 4.69) is 47.5 Å². The first kappa shape index (κ1) is 26.8. The van der Waals surface area contributed by atoms with Gasteiger partial charge >= 0.3 is 0 Å². The Hall–Kier alpha value is -3.29. The number of hydrogen-bond donors (Lipinski definition) is 3. The summed E-state index contributed by atoms with van der Waals surface area (Å²) in [6.07, 6.45) is 4.47. The van der Waals surface area contributed by atoms with Crippen molar-refractivity contribution in [1.82, 2.24) is 30.1 Å². The second-order valence-corrected chi connectivity index (χ2v) is 10.7. The van der Waals surface area contributed by atoms with Crippen molar-refractivity contribution in [2.24, 2.45) is 5.14 Å². The van der Waals surface area contributed by atoms with Crippen LogP contribution in [0.4, 0.5) is 11.6 Å². The first-order valence-electron chi connectivity index (χ1n) is 12.1. The van der Waals surface area contributed by atoms with Crippen molar-refractivity contribution < 1.29 is 13.2 Å². The van der Waals surface area contributed by atoms with E-state index in [1.807, 2.05) is 18.2 Å². The molecule has 12 heteroatoms. The van der Waals surface area contributed by atoms with Crippen LogP contribution < -0.4 is 15.8 Å². The van der Waals surface area contributed by atoms with Gasteiger partial charge in [0.2, 0.25) is 16.0 Å². The number of carbonyl (C=O) groups is 1. The normalized spacial score (nSPS) is 15.8. The van der Waals surface area contributed by atoms with Gasteiger partial charge in [0.05, 0.1) is 12.2 Å². The summed E-state index contributed by atoms with van der Waals surface area (Å²) >= 11 is 0. The number of benzene rings is 1. The van der Waals surface area contributed by atoms with Gasteiger partial charge in [0.1, 0.15) is 11.7 Å². The number of likely N-dealkylation sites (N-methyl/N-ethyl adjacent to an activating group) is 1. The van der Waals surface area contributed by atoms with E-state index < -0.39 is 15.4 Å². The van der Waals surface area contributed by atoms with E-state index in [0.717, 1.165) is 50.3 Å². The fourth-order valence-corrected chi connectivity index (χ4v) is 4.95. The average Bonchev–Trinajstić information content (AvgIpc) is 2.89. The molecule has 0 amide bonds. The number of aldehydes is 1. The molecule has 1 aliphatic heterocycles. The molecular formula is C25H32N8O3S. The van der Waals surface area contributed by atoms with Crippen molar-refractivity contribution >= 4 is 27.9 Å². The van der Waals surface area contributed by atoms with Gasteiger partial charge in [-0.2, -0.15) is 0 Å². The lowest BCUT2D eigenvalue weighted by atomic mass is 10.1. The zero-order chi connectivity index (χ0) is 26.3. The molecule has 196 valence electrons. The number of hydrogen-bond acceptors (Lipinski definition) is 10. The molecule has 37 heavy (non-hydrogen) atoms. The van der Waals surface area contributed by atoms with Crippen molar-refractivity contribution in [3.63, 3.8) is 0 Å². The third kappa shape index (κ3) is 7.60. The van der Waals surface area contributed by atoms with Crippen molar-refractivity contribution in [3.8, 4) is 11.3 Å². The lowest BCUT2D eigenvalue weighted by Gasteiger charge is -2.33. The molecular weight excluding hydrogens is 492 g/mol. The monoisotopic (exact) mass is 524 g/mol. The summed E-state index contributed by atoms with van der Waals surface area (Å²) in [6.45, 7) is 5.00. The van der Waals surface area contributed by atoms with E-state index >= 15 is 0 Å². The van der Waals surface area contributed by atoms with E-state index in [1.54, 1.807) is 31.6 Å². The summed E-state index contributed by atoms with van der Waals surface area (Å²) in [7, 11) is -2.17. The second-order valence-electron chi connectivity index (χ2n) is 8.94. The average molecular weight is 525 g/mol. The number of sulfonamides is 1. The van der Waals surface area contributed by atoms with Gasteiger partial charge in [-0.3, -0.25) is 14.8 Å². The Labute approximate surface area is 217 Å². The van der Waals surface area contributed by atoms with Crippen molar-refractivity contribution in [3.05, 3.63) is 66.1 Å². The van der Waals surface area contributed by atoms with Gasteiger partial charge in [-0.15, -0.1) is 0 Å². The lowest BCUT2D eigenvalue weighted by molar-refractivity contribution is -0.109. The Morgan fingerprint density at radius 3 is 2.54 bits per heavy atom. The summed E-state index contributed by atoms with van der Waals surface area (Å²) in [5, 5.41) is 10.3. The Morgan fingerprint density at radius 1 is 1.08 bits per heavy atom. The third-order valence-corrected chi connectivity index (χ3v) is 7.47. The van der Waals surface area contributed by atoms with Crippen LogP contribution in [0.2, 0.25) is 0 Å². The molecule has 1 fully saturated rings. The molecule has 4 rings (SSSR count). The van der Waals surface area contributed by atoms with Crippen molar-refractivity contribution in [2.75, 3.05) is 45.1 Å². The number of primary sulfonamides is 1. The molecule has 0 aliphatic carbocycles. The highest BCUT2D eigenvalue weighted by atomic mass is 32.2. The maximum absolute atomic E-state index is 11.6. The second kappa shape index (κ2) is 12.3. The molecule has 1 aliphatic rings. The van der Waals surface area contributed by atoms with E-state index in [0.29, 0.717) is 23.9 Å². The Bertz CT molecular complexity index is 1300. The van der Waals surface area contributed by atoms with Gasteiger partial charge in [-0.1, -0.05) is 12.1 Å². The fraction of sp³-hybridized carbons (Fsp3) is 0.360. The van der Waals surface area contributed by atoms with Gasteiger partial charge in [0.25, 0.3) is 0 Å². The molecule has 1 aromatic carbocycles.